The predicted octanol–water partition coefficient (Wildman–Crippen LogP) is 3.66. The highest BCUT2D eigenvalue weighted by Crippen LogP contribution is 2.19. The predicted molar refractivity (Wildman–Crippen MR) is 90.7 cm³/mol. The molecule has 7 heteroatoms. The van der Waals surface area contributed by atoms with Crippen LogP contribution in [0.25, 0.3) is 11.4 Å². The van der Waals surface area contributed by atoms with Crippen molar-refractivity contribution in [3.63, 3.8) is 0 Å². The maximum absolute atomic E-state index is 12.0. The average molecular weight is 343 g/mol. The standard InChI is InChI=1S/C17H15ClN4O2/c1-11-3-2-4-14(19-11)20-15(23)9-10-16-21-17(22-24-16)12-5-7-13(18)8-6-12/h2-8H,9-10H2,1H3,(H,19,20,23). The van der Waals surface area contributed by atoms with E-state index in [-0.39, 0.29) is 12.3 Å². The van der Waals surface area contributed by atoms with Gasteiger partial charge in [0.25, 0.3) is 0 Å². The number of amides is 1. The summed E-state index contributed by atoms with van der Waals surface area (Å²) in [5.41, 5.74) is 1.65. The number of benzene rings is 1. The van der Waals surface area contributed by atoms with Crippen LogP contribution in [0.2, 0.25) is 5.02 Å². The minimum absolute atomic E-state index is 0.153. The van der Waals surface area contributed by atoms with Crippen molar-refractivity contribution in [3.05, 3.63) is 59.1 Å². The van der Waals surface area contributed by atoms with Crippen molar-refractivity contribution in [2.75, 3.05) is 5.32 Å². The smallest absolute Gasteiger partial charge is 0.227 e. The first kappa shape index (κ1) is 16.1. The maximum Gasteiger partial charge on any atom is 0.227 e. The molecule has 1 N–H and O–H groups in total. The summed E-state index contributed by atoms with van der Waals surface area (Å²) in [5.74, 6) is 1.27. The summed E-state index contributed by atoms with van der Waals surface area (Å²) in [7, 11) is 0. The van der Waals surface area contributed by atoms with E-state index in [1.807, 2.05) is 31.2 Å². The molecule has 0 fully saturated rings. The second kappa shape index (κ2) is 7.23. The number of carbonyl (C=O) groups excluding carboxylic acids is 1. The molecule has 0 unspecified atom stereocenters. The van der Waals surface area contributed by atoms with Crippen molar-refractivity contribution in [1.82, 2.24) is 15.1 Å². The molecule has 0 aliphatic rings. The van der Waals surface area contributed by atoms with Gasteiger partial charge in [0, 0.05) is 29.1 Å². The first-order valence-corrected chi connectivity index (χ1v) is 7.80. The molecule has 0 aliphatic carbocycles. The zero-order chi connectivity index (χ0) is 16.9. The van der Waals surface area contributed by atoms with Crippen LogP contribution in [0.1, 0.15) is 18.0 Å². The number of aromatic nitrogens is 3. The van der Waals surface area contributed by atoms with Gasteiger partial charge in [0.2, 0.25) is 17.6 Å². The summed E-state index contributed by atoms with van der Waals surface area (Å²) in [6.45, 7) is 1.87. The summed E-state index contributed by atoms with van der Waals surface area (Å²) < 4.78 is 5.18. The van der Waals surface area contributed by atoms with Crippen LogP contribution in [0.5, 0.6) is 0 Å². The molecule has 0 atom stereocenters. The molecule has 0 bridgehead atoms. The minimum atomic E-state index is -0.153. The molecule has 0 saturated carbocycles. The van der Waals surface area contributed by atoms with Crippen molar-refractivity contribution in [2.24, 2.45) is 0 Å². The van der Waals surface area contributed by atoms with E-state index in [1.165, 1.54) is 0 Å². The molecule has 2 aromatic heterocycles. The minimum Gasteiger partial charge on any atom is -0.339 e. The van der Waals surface area contributed by atoms with Gasteiger partial charge in [-0.05, 0) is 43.3 Å². The third-order valence-electron chi connectivity index (χ3n) is 3.29. The number of aryl methyl sites for hydroxylation is 2. The Balaban J connectivity index is 1.57. The number of rotatable bonds is 5. The highest BCUT2D eigenvalue weighted by molar-refractivity contribution is 6.30. The molecule has 122 valence electrons. The van der Waals surface area contributed by atoms with Gasteiger partial charge in [-0.25, -0.2) is 4.98 Å². The summed E-state index contributed by atoms with van der Waals surface area (Å²) in [6, 6.07) is 12.6. The van der Waals surface area contributed by atoms with Gasteiger partial charge < -0.3 is 9.84 Å². The fourth-order valence-electron chi connectivity index (χ4n) is 2.11. The highest BCUT2D eigenvalue weighted by Gasteiger charge is 2.11. The largest absolute Gasteiger partial charge is 0.339 e. The highest BCUT2D eigenvalue weighted by atomic mass is 35.5. The van der Waals surface area contributed by atoms with Crippen LogP contribution in [-0.4, -0.2) is 21.0 Å². The van der Waals surface area contributed by atoms with E-state index in [2.05, 4.69) is 20.4 Å². The number of pyridine rings is 1. The van der Waals surface area contributed by atoms with Gasteiger partial charge in [-0.3, -0.25) is 4.79 Å². The first-order valence-electron chi connectivity index (χ1n) is 7.42. The number of nitrogens with zero attached hydrogens (tertiary/aromatic N) is 3. The van der Waals surface area contributed by atoms with Crippen LogP contribution in [0.3, 0.4) is 0 Å². The van der Waals surface area contributed by atoms with Gasteiger partial charge in [0.15, 0.2) is 0 Å². The lowest BCUT2D eigenvalue weighted by Gasteiger charge is -2.03. The second-order valence-electron chi connectivity index (χ2n) is 5.23. The van der Waals surface area contributed by atoms with Crippen molar-refractivity contribution in [3.8, 4) is 11.4 Å². The number of hydrogen-bond acceptors (Lipinski definition) is 5. The molecule has 0 saturated heterocycles. The fraction of sp³-hybridized carbons (Fsp3) is 0.176. The van der Waals surface area contributed by atoms with Crippen molar-refractivity contribution < 1.29 is 9.32 Å². The van der Waals surface area contributed by atoms with E-state index in [0.29, 0.717) is 29.0 Å². The summed E-state index contributed by atoms with van der Waals surface area (Å²) in [4.78, 5) is 20.5. The monoisotopic (exact) mass is 342 g/mol. The molecule has 0 aliphatic heterocycles. The van der Waals surface area contributed by atoms with E-state index in [0.717, 1.165) is 11.3 Å². The molecule has 3 aromatic rings. The number of anilines is 1. The lowest BCUT2D eigenvalue weighted by Crippen LogP contribution is -2.13. The Labute approximate surface area is 143 Å². The molecule has 1 aromatic carbocycles. The molecule has 1 amide bonds. The van der Waals surface area contributed by atoms with Gasteiger partial charge in [-0.15, -0.1) is 0 Å². The van der Waals surface area contributed by atoms with Crippen LogP contribution in [0.4, 0.5) is 5.82 Å². The Morgan fingerprint density at radius 3 is 2.71 bits per heavy atom. The SMILES string of the molecule is Cc1cccc(NC(=O)CCc2nc(-c3ccc(Cl)cc3)no2)n1. The molecular formula is C17H15ClN4O2. The Hall–Kier alpha value is -2.73. The molecular weight excluding hydrogens is 328 g/mol. The van der Waals surface area contributed by atoms with Gasteiger partial charge >= 0.3 is 0 Å². The Morgan fingerprint density at radius 1 is 1.17 bits per heavy atom. The van der Waals surface area contributed by atoms with Crippen molar-refractivity contribution in [1.29, 1.82) is 0 Å². The van der Waals surface area contributed by atoms with E-state index in [9.17, 15) is 4.79 Å². The van der Waals surface area contributed by atoms with Crippen LogP contribution in [-0.2, 0) is 11.2 Å². The second-order valence-corrected chi connectivity index (χ2v) is 5.67. The summed E-state index contributed by atoms with van der Waals surface area (Å²) >= 11 is 5.85. The Morgan fingerprint density at radius 2 is 1.96 bits per heavy atom. The molecule has 2 heterocycles. The summed E-state index contributed by atoms with van der Waals surface area (Å²) in [6.07, 6.45) is 0.593. The van der Waals surface area contributed by atoms with Crippen LogP contribution < -0.4 is 5.32 Å². The average Bonchev–Trinajstić information content (AvgIpc) is 3.03. The van der Waals surface area contributed by atoms with Gasteiger partial charge in [-0.2, -0.15) is 4.98 Å². The lowest BCUT2D eigenvalue weighted by atomic mass is 10.2. The first-order chi connectivity index (χ1) is 11.6. The van der Waals surface area contributed by atoms with E-state index in [4.69, 9.17) is 16.1 Å². The molecule has 6 nitrogen and oxygen atoms in total. The van der Waals surface area contributed by atoms with Gasteiger partial charge in [-0.1, -0.05) is 22.8 Å². The number of halogens is 1. The third kappa shape index (κ3) is 4.17. The Bertz CT molecular complexity index is 846. The van der Waals surface area contributed by atoms with E-state index >= 15 is 0 Å². The zero-order valence-electron chi connectivity index (χ0n) is 13.0. The topological polar surface area (TPSA) is 80.9 Å². The zero-order valence-corrected chi connectivity index (χ0v) is 13.7. The molecule has 24 heavy (non-hydrogen) atoms. The quantitative estimate of drug-likeness (QED) is 0.765. The van der Waals surface area contributed by atoms with Crippen molar-refractivity contribution in [2.45, 2.75) is 19.8 Å². The Kier molecular flexibility index (Phi) is 4.86. The molecule has 3 rings (SSSR count). The molecule has 0 spiro atoms. The third-order valence-corrected chi connectivity index (χ3v) is 3.54. The number of hydrogen-bond donors (Lipinski definition) is 1. The van der Waals surface area contributed by atoms with Crippen LogP contribution in [0.15, 0.2) is 47.0 Å². The fourth-order valence-corrected chi connectivity index (χ4v) is 2.24. The van der Waals surface area contributed by atoms with Gasteiger partial charge in [0.05, 0.1) is 0 Å². The number of nitrogens with one attached hydrogen (secondary N) is 1. The van der Waals surface area contributed by atoms with Crippen molar-refractivity contribution >= 4 is 23.3 Å². The number of carbonyl (C=O) groups is 1. The lowest BCUT2D eigenvalue weighted by molar-refractivity contribution is -0.116. The normalized spacial score (nSPS) is 10.6. The van der Waals surface area contributed by atoms with Crippen LogP contribution >= 0.6 is 11.6 Å². The van der Waals surface area contributed by atoms with Gasteiger partial charge in [0.1, 0.15) is 5.82 Å². The molecule has 0 radical (unpaired) electrons. The maximum atomic E-state index is 12.0. The summed E-state index contributed by atoms with van der Waals surface area (Å²) in [5, 5.41) is 7.30. The van der Waals surface area contributed by atoms with Crippen LogP contribution in [0, 0.1) is 6.92 Å². The van der Waals surface area contributed by atoms with E-state index < -0.39 is 0 Å². The van der Waals surface area contributed by atoms with E-state index in [1.54, 1.807) is 18.2 Å².